The molecule has 1 saturated heterocycles. The number of hydrogen-bond donors (Lipinski definition) is 0. The smallest absolute Gasteiger partial charge is 0.309 e. The molecule has 0 atom stereocenters. The molecule has 0 aromatic carbocycles. The molecule has 0 aromatic rings. The van der Waals surface area contributed by atoms with Crippen LogP contribution in [0, 0.1) is 5.92 Å². The fourth-order valence-corrected chi connectivity index (χ4v) is 2.48. The lowest BCUT2D eigenvalue weighted by atomic mass is 9.97. The summed E-state index contributed by atoms with van der Waals surface area (Å²) in [6.07, 6.45) is 4.94. The van der Waals surface area contributed by atoms with E-state index in [9.17, 15) is 9.59 Å². The Balaban J connectivity index is 2.42. The van der Waals surface area contributed by atoms with Crippen molar-refractivity contribution < 1.29 is 14.3 Å². The number of carbonyl (C=O) groups excluding carboxylic acids is 2. The van der Waals surface area contributed by atoms with Gasteiger partial charge in [0.25, 0.3) is 0 Å². The van der Waals surface area contributed by atoms with Crippen molar-refractivity contribution >= 4 is 11.9 Å². The van der Waals surface area contributed by atoms with Crippen molar-refractivity contribution in [2.75, 3.05) is 39.3 Å². The molecular weight excluding hydrogens is 268 g/mol. The van der Waals surface area contributed by atoms with Gasteiger partial charge in [-0.2, -0.15) is 0 Å². The molecule has 1 aliphatic rings. The van der Waals surface area contributed by atoms with E-state index in [0.717, 1.165) is 0 Å². The van der Waals surface area contributed by atoms with Crippen molar-refractivity contribution in [1.29, 1.82) is 0 Å². The Hall–Kier alpha value is -1.62. The number of amides is 1. The standard InChI is InChI=1S/C16H26N2O3/c1-4-9-17(10-5-2)13-15(19)18-11-7-14(8-12-18)16(20)21-6-3/h4-5,14H,1-2,6-13H2,3H3. The van der Waals surface area contributed by atoms with Crippen LogP contribution in [0.5, 0.6) is 0 Å². The molecule has 21 heavy (non-hydrogen) atoms. The molecule has 1 amide bonds. The predicted molar refractivity (Wildman–Crippen MR) is 82.8 cm³/mol. The molecule has 1 aliphatic heterocycles. The lowest BCUT2D eigenvalue weighted by molar-refractivity contribution is -0.151. The summed E-state index contributed by atoms with van der Waals surface area (Å²) in [5.74, 6) is -0.1000. The maximum absolute atomic E-state index is 12.3. The number of ether oxygens (including phenoxy) is 1. The third-order valence-electron chi connectivity index (χ3n) is 3.60. The highest BCUT2D eigenvalue weighted by atomic mass is 16.5. The van der Waals surface area contributed by atoms with E-state index in [-0.39, 0.29) is 17.8 Å². The number of piperidine rings is 1. The van der Waals surface area contributed by atoms with Crippen LogP contribution in [-0.4, -0.2) is 61.0 Å². The minimum Gasteiger partial charge on any atom is -0.466 e. The van der Waals surface area contributed by atoms with E-state index in [0.29, 0.717) is 52.2 Å². The summed E-state index contributed by atoms with van der Waals surface area (Å²) in [4.78, 5) is 27.7. The zero-order valence-electron chi connectivity index (χ0n) is 12.9. The molecule has 0 radical (unpaired) electrons. The molecule has 0 aromatic heterocycles. The second-order valence-corrected chi connectivity index (χ2v) is 5.18. The summed E-state index contributed by atoms with van der Waals surface area (Å²) in [5, 5.41) is 0. The minimum absolute atomic E-state index is 0.0635. The van der Waals surface area contributed by atoms with Crippen molar-refractivity contribution in [3.05, 3.63) is 25.3 Å². The largest absolute Gasteiger partial charge is 0.466 e. The maximum atomic E-state index is 12.3. The molecule has 0 aliphatic carbocycles. The average Bonchev–Trinajstić information content (AvgIpc) is 2.48. The predicted octanol–water partition coefficient (Wildman–Crippen LogP) is 1.46. The van der Waals surface area contributed by atoms with Gasteiger partial charge in [-0.15, -0.1) is 13.2 Å². The number of carbonyl (C=O) groups is 2. The highest BCUT2D eigenvalue weighted by Crippen LogP contribution is 2.18. The topological polar surface area (TPSA) is 49.9 Å². The first kappa shape index (κ1) is 17.4. The summed E-state index contributed by atoms with van der Waals surface area (Å²) in [6.45, 7) is 12.6. The molecule has 5 nitrogen and oxygen atoms in total. The first-order chi connectivity index (χ1) is 10.1. The second-order valence-electron chi connectivity index (χ2n) is 5.18. The zero-order valence-corrected chi connectivity index (χ0v) is 12.9. The van der Waals surface area contributed by atoms with Crippen LogP contribution < -0.4 is 0 Å². The monoisotopic (exact) mass is 294 g/mol. The van der Waals surface area contributed by atoms with Gasteiger partial charge in [0.1, 0.15) is 0 Å². The molecule has 0 bridgehead atoms. The minimum atomic E-state index is -0.135. The van der Waals surface area contributed by atoms with Gasteiger partial charge in [0.05, 0.1) is 19.1 Å². The van der Waals surface area contributed by atoms with Crippen molar-refractivity contribution in [2.45, 2.75) is 19.8 Å². The average molecular weight is 294 g/mol. The van der Waals surface area contributed by atoms with Gasteiger partial charge in [-0.1, -0.05) is 12.2 Å². The molecule has 1 fully saturated rings. The Kier molecular flexibility index (Phi) is 7.75. The van der Waals surface area contributed by atoms with E-state index >= 15 is 0 Å². The number of rotatable bonds is 8. The Labute approximate surface area is 127 Å². The van der Waals surface area contributed by atoms with Gasteiger partial charge >= 0.3 is 5.97 Å². The molecule has 1 rings (SSSR count). The van der Waals surface area contributed by atoms with E-state index in [2.05, 4.69) is 13.2 Å². The molecule has 0 unspecified atom stereocenters. The Morgan fingerprint density at radius 2 is 1.81 bits per heavy atom. The Bertz CT molecular complexity index is 364. The van der Waals surface area contributed by atoms with E-state index in [4.69, 9.17) is 4.74 Å². The third-order valence-corrected chi connectivity index (χ3v) is 3.60. The van der Waals surface area contributed by atoms with Crippen molar-refractivity contribution in [3.63, 3.8) is 0 Å². The summed E-state index contributed by atoms with van der Waals surface area (Å²) >= 11 is 0. The molecule has 0 saturated carbocycles. The second kappa shape index (κ2) is 9.34. The molecule has 5 heteroatoms. The fourth-order valence-electron chi connectivity index (χ4n) is 2.48. The van der Waals surface area contributed by atoms with Crippen LogP contribution in [0.2, 0.25) is 0 Å². The molecule has 118 valence electrons. The van der Waals surface area contributed by atoms with E-state index in [1.807, 2.05) is 16.7 Å². The molecular formula is C16H26N2O3. The van der Waals surface area contributed by atoms with Crippen LogP contribution in [0.3, 0.4) is 0 Å². The zero-order chi connectivity index (χ0) is 15.7. The number of likely N-dealkylation sites (tertiary alicyclic amines) is 1. The first-order valence-electron chi connectivity index (χ1n) is 7.50. The Morgan fingerprint density at radius 3 is 2.29 bits per heavy atom. The molecule has 1 heterocycles. The van der Waals surface area contributed by atoms with Gasteiger partial charge in [0, 0.05) is 26.2 Å². The summed E-state index contributed by atoms with van der Waals surface area (Å²) < 4.78 is 5.03. The number of esters is 1. The van der Waals surface area contributed by atoms with Crippen LogP contribution in [0.1, 0.15) is 19.8 Å². The van der Waals surface area contributed by atoms with E-state index in [1.54, 1.807) is 12.2 Å². The van der Waals surface area contributed by atoms with Crippen LogP contribution in [0.15, 0.2) is 25.3 Å². The van der Waals surface area contributed by atoms with Gasteiger partial charge in [-0.25, -0.2) is 0 Å². The van der Waals surface area contributed by atoms with Gasteiger partial charge in [-0.3, -0.25) is 14.5 Å². The van der Waals surface area contributed by atoms with E-state index in [1.165, 1.54) is 0 Å². The van der Waals surface area contributed by atoms with Crippen molar-refractivity contribution in [1.82, 2.24) is 9.80 Å². The van der Waals surface area contributed by atoms with E-state index < -0.39 is 0 Å². The SMILES string of the molecule is C=CCN(CC=C)CC(=O)N1CCC(C(=O)OCC)CC1. The first-order valence-corrected chi connectivity index (χ1v) is 7.50. The lowest BCUT2D eigenvalue weighted by Crippen LogP contribution is -2.45. The van der Waals surface area contributed by atoms with Crippen molar-refractivity contribution in [3.8, 4) is 0 Å². The highest BCUT2D eigenvalue weighted by molar-refractivity contribution is 5.79. The third kappa shape index (κ3) is 5.71. The quantitative estimate of drug-likeness (QED) is 0.502. The van der Waals surface area contributed by atoms with Gasteiger partial charge in [-0.05, 0) is 19.8 Å². The van der Waals surface area contributed by atoms with Gasteiger partial charge in [0.2, 0.25) is 5.91 Å². The lowest BCUT2D eigenvalue weighted by Gasteiger charge is -2.32. The van der Waals surface area contributed by atoms with Crippen LogP contribution in [0.4, 0.5) is 0 Å². The van der Waals surface area contributed by atoms with Crippen LogP contribution in [0.25, 0.3) is 0 Å². The fraction of sp³-hybridized carbons (Fsp3) is 0.625. The van der Waals surface area contributed by atoms with Crippen LogP contribution >= 0.6 is 0 Å². The normalized spacial score (nSPS) is 15.8. The molecule has 0 N–H and O–H groups in total. The summed E-state index contributed by atoms with van der Waals surface area (Å²) in [5.41, 5.74) is 0. The highest BCUT2D eigenvalue weighted by Gasteiger charge is 2.28. The maximum Gasteiger partial charge on any atom is 0.309 e. The number of hydrogen-bond acceptors (Lipinski definition) is 4. The molecule has 0 spiro atoms. The summed E-state index contributed by atoms with van der Waals surface area (Å²) in [7, 11) is 0. The van der Waals surface area contributed by atoms with Gasteiger partial charge in [0.15, 0.2) is 0 Å². The Morgan fingerprint density at radius 1 is 1.24 bits per heavy atom. The van der Waals surface area contributed by atoms with Crippen LogP contribution in [-0.2, 0) is 14.3 Å². The van der Waals surface area contributed by atoms with Gasteiger partial charge < -0.3 is 9.64 Å². The summed E-state index contributed by atoms with van der Waals surface area (Å²) in [6, 6.07) is 0. The number of nitrogens with zero attached hydrogens (tertiary/aromatic N) is 2. The van der Waals surface area contributed by atoms with Crippen molar-refractivity contribution in [2.24, 2.45) is 5.92 Å².